The molecule has 1 aromatic rings. The molecular formula is C18H31NS. The second-order valence-electron chi connectivity index (χ2n) is 6.23. The maximum atomic E-state index is 3.45. The Balaban J connectivity index is 2.52. The van der Waals surface area contributed by atoms with E-state index in [1.165, 1.54) is 29.7 Å². The minimum absolute atomic E-state index is 0.470. The summed E-state index contributed by atoms with van der Waals surface area (Å²) >= 11 is 2.07. The number of nitrogens with one attached hydrogen (secondary N) is 1. The zero-order valence-electron chi connectivity index (χ0n) is 13.8. The quantitative estimate of drug-likeness (QED) is 0.693. The van der Waals surface area contributed by atoms with Crippen LogP contribution in [0.3, 0.4) is 0 Å². The number of rotatable bonds is 9. The lowest BCUT2D eigenvalue weighted by atomic mass is 10.00. The Labute approximate surface area is 129 Å². The van der Waals surface area contributed by atoms with Gasteiger partial charge in [0.1, 0.15) is 0 Å². The largest absolute Gasteiger partial charge is 0.312 e. The van der Waals surface area contributed by atoms with E-state index in [-0.39, 0.29) is 0 Å². The van der Waals surface area contributed by atoms with Crippen LogP contribution in [0.4, 0.5) is 0 Å². The van der Waals surface area contributed by atoms with Crippen molar-refractivity contribution in [1.29, 1.82) is 0 Å². The van der Waals surface area contributed by atoms with Gasteiger partial charge in [-0.15, -0.1) is 0 Å². The molecule has 1 rings (SSSR count). The van der Waals surface area contributed by atoms with Crippen LogP contribution in [0.15, 0.2) is 24.3 Å². The first kappa shape index (κ1) is 17.6. The molecule has 0 aliphatic carbocycles. The summed E-state index contributed by atoms with van der Waals surface area (Å²) in [5, 5.41) is 3.45. The van der Waals surface area contributed by atoms with Gasteiger partial charge >= 0.3 is 0 Å². The normalized spacial score (nSPS) is 14.5. The molecule has 0 aliphatic rings. The van der Waals surface area contributed by atoms with Gasteiger partial charge in [-0.05, 0) is 42.2 Å². The third-order valence-electron chi connectivity index (χ3n) is 3.76. The molecule has 114 valence electrons. The minimum atomic E-state index is 0.470. The van der Waals surface area contributed by atoms with Crippen molar-refractivity contribution in [2.24, 2.45) is 11.8 Å². The monoisotopic (exact) mass is 293 g/mol. The Kier molecular flexibility index (Phi) is 8.32. The van der Waals surface area contributed by atoms with Crippen LogP contribution < -0.4 is 5.32 Å². The SMILES string of the molecule is CCC(C)CSCC(NC)c1ccc(CC(C)C)cc1. The van der Waals surface area contributed by atoms with Crippen LogP contribution in [0, 0.1) is 11.8 Å². The fraction of sp³-hybridized carbons (Fsp3) is 0.667. The molecule has 2 unspecified atom stereocenters. The molecule has 0 amide bonds. The van der Waals surface area contributed by atoms with Crippen LogP contribution in [0.2, 0.25) is 0 Å². The van der Waals surface area contributed by atoms with Crippen molar-refractivity contribution in [2.45, 2.75) is 46.6 Å². The molecule has 0 radical (unpaired) electrons. The van der Waals surface area contributed by atoms with Gasteiger partial charge < -0.3 is 5.32 Å². The first-order chi connectivity index (χ1) is 9.56. The van der Waals surface area contributed by atoms with Gasteiger partial charge in [0.25, 0.3) is 0 Å². The van der Waals surface area contributed by atoms with Crippen molar-refractivity contribution in [3.8, 4) is 0 Å². The van der Waals surface area contributed by atoms with E-state index in [4.69, 9.17) is 0 Å². The van der Waals surface area contributed by atoms with E-state index in [9.17, 15) is 0 Å². The fourth-order valence-electron chi connectivity index (χ4n) is 2.21. The molecule has 2 heteroatoms. The smallest absolute Gasteiger partial charge is 0.0409 e. The van der Waals surface area contributed by atoms with E-state index in [2.05, 4.69) is 76.1 Å². The molecule has 0 saturated carbocycles. The van der Waals surface area contributed by atoms with Crippen LogP contribution in [0.1, 0.15) is 51.3 Å². The highest BCUT2D eigenvalue weighted by Crippen LogP contribution is 2.21. The van der Waals surface area contributed by atoms with Gasteiger partial charge in [0.2, 0.25) is 0 Å². The Morgan fingerprint density at radius 3 is 2.20 bits per heavy atom. The van der Waals surface area contributed by atoms with Gasteiger partial charge in [-0.1, -0.05) is 58.4 Å². The van der Waals surface area contributed by atoms with Gasteiger partial charge in [-0.25, -0.2) is 0 Å². The summed E-state index contributed by atoms with van der Waals surface area (Å²) in [6, 6.07) is 9.64. The van der Waals surface area contributed by atoms with Gasteiger partial charge in [0, 0.05) is 11.8 Å². The zero-order valence-corrected chi connectivity index (χ0v) is 14.6. The predicted molar refractivity (Wildman–Crippen MR) is 93.6 cm³/mol. The lowest BCUT2D eigenvalue weighted by Gasteiger charge is -2.18. The molecule has 0 heterocycles. The Morgan fingerprint density at radius 2 is 1.70 bits per heavy atom. The Bertz CT molecular complexity index is 358. The second-order valence-corrected chi connectivity index (χ2v) is 7.31. The number of benzene rings is 1. The summed E-state index contributed by atoms with van der Waals surface area (Å²) in [6.07, 6.45) is 2.45. The van der Waals surface area contributed by atoms with Gasteiger partial charge in [-0.2, -0.15) is 11.8 Å². The van der Waals surface area contributed by atoms with Crippen LogP contribution in [-0.4, -0.2) is 18.6 Å². The lowest BCUT2D eigenvalue weighted by Crippen LogP contribution is -2.19. The summed E-state index contributed by atoms with van der Waals surface area (Å²) in [7, 11) is 2.07. The molecule has 0 bridgehead atoms. The Hall–Kier alpha value is -0.470. The highest BCUT2D eigenvalue weighted by Gasteiger charge is 2.10. The highest BCUT2D eigenvalue weighted by molar-refractivity contribution is 7.99. The Morgan fingerprint density at radius 1 is 1.05 bits per heavy atom. The molecule has 1 N–H and O–H groups in total. The van der Waals surface area contributed by atoms with Crippen molar-refractivity contribution in [1.82, 2.24) is 5.32 Å². The standard InChI is InChI=1S/C18H31NS/c1-6-15(4)12-20-13-18(19-5)17-9-7-16(8-10-17)11-14(2)3/h7-10,14-15,18-19H,6,11-13H2,1-5H3. The second kappa shape index (κ2) is 9.46. The van der Waals surface area contributed by atoms with Crippen LogP contribution >= 0.6 is 11.8 Å². The van der Waals surface area contributed by atoms with E-state index in [0.29, 0.717) is 6.04 Å². The summed E-state index contributed by atoms with van der Waals surface area (Å²) < 4.78 is 0. The van der Waals surface area contributed by atoms with Gasteiger partial charge in [0.15, 0.2) is 0 Å². The first-order valence-electron chi connectivity index (χ1n) is 7.90. The maximum absolute atomic E-state index is 3.45. The molecule has 0 spiro atoms. The van der Waals surface area contributed by atoms with Crippen molar-refractivity contribution < 1.29 is 0 Å². The number of hydrogen-bond acceptors (Lipinski definition) is 2. The summed E-state index contributed by atoms with van der Waals surface area (Å²) in [4.78, 5) is 0. The maximum Gasteiger partial charge on any atom is 0.0409 e. The van der Waals surface area contributed by atoms with Crippen molar-refractivity contribution in [3.63, 3.8) is 0 Å². The molecule has 0 saturated heterocycles. The van der Waals surface area contributed by atoms with E-state index >= 15 is 0 Å². The molecule has 1 nitrogen and oxygen atoms in total. The summed E-state index contributed by atoms with van der Waals surface area (Å²) in [6.45, 7) is 9.15. The van der Waals surface area contributed by atoms with E-state index in [0.717, 1.165) is 17.6 Å². The first-order valence-corrected chi connectivity index (χ1v) is 9.06. The van der Waals surface area contributed by atoms with Gasteiger partial charge in [0.05, 0.1) is 0 Å². The van der Waals surface area contributed by atoms with E-state index in [1.807, 2.05) is 0 Å². The molecule has 1 aromatic carbocycles. The van der Waals surface area contributed by atoms with E-state index in [1.54, 1.807) is 0 Å². The third kappa shape index (κ3) is 6.32. The minimum Gasteiger partial charge on any atom is -0.312 e. The number of thioether (sulfide) groups is 1. The van der Waals surface area contributed by atoms with Crippen molar-refractivity contribution in [2.75, 3.05) is 18.6 Å². The topological polar surface area (TPSA) is 12.0 Å². The average molecular weight is 294 g/mol. The molecule has 2 atom stereocenters. The fourth-order valence-corrected chi connectivity index (χ4v) is 3.58. The molecule has 0 fully saturated rings. The summed E-state index contributed by atoms with van der Waals surface area (Å²) in [5.41, 5.74) is 2.86. The third-order valence-corrected chi connectivity index (χ3v) is 5.13. The van der Waals surface area contributed by atoms with Crippen molar-refractivity contribution >= 4 is 11.8 Å². The van der Waals surface area contributed by atoms with Crippen LogP contribution in [0.25, 0.3) is 0 Å². The lowest BCUT2D eigenvalue weighted by molar-refractivity contribution is 0.629. The molecular weight excluding hydrogens is 262 g/mol. The number of hydrogen-bond donors (Lipinski definition) is 1. The molecule has 20 heavy (non-hydrogen) atoms. The van der Waals surface area contributed by atoms with Gasteiger partial charge in [-0.3, -0.25) is 0 Å². The molecule has 0 aromatic heterocycles. The zero-order chi connectivity index (χ0) is 15.0. The predicted octanol–water partition coefficient (Wildman–Crippen LogP) is 4.92. The van der Waals surface area contributed by atoms with Crippen molar-refractivity contribution in [3.05, 3.63) is 35.4 Å². The summed E-state index contributed by atoms with van der Waals surface area (Å²) in [5.74, 6) is 3.97. The van der Waals surface area contributed by atoms with E-state index < -0.39 is 0 Å². The van der Waals surface area contributed by atoms with Crippen LogP contribution in [-0.2, 0) is 6.42 Å². The average Bonchev–Trinajstić information content (AvgIpc) is 2.44. The van der Waals surface area contributed by atoms with Crippen LogP contribution in [0.5, 0.6) is 0 Å². The highest BCUT2D eigenvalue weighted by atomic mass is 32.2. The molecule has 0 aliphatic heterocycles.